The number of amides is 1. The molecule has 0 radical (unpaired) electrons. The zero-order chi connectivity index (χ0) is 12.1. The van der Waals surface area contributed by atoms with Gasteiger partial charge in [0.1, 0.15) is 0 Å². The van der Waals surface area contributed by atoms with Crippen molar-refractivity contribution in [3.8, 4) is 0 Å². The number of nitrogens with zero attached hydrogens (tertiary/aromatic N) is 2. The van der Waals surface area contributed by atoms with Crippen LogP contribution in [0.25, 0.3) is 0 Å². The molecule has 1 unspecified atom stereocenters. The second-order valence-electron chi connectivity index (χ2n) is 5.33. The summed E-state index contributed by atoms with van der Waals surface area (Å²) >= 11 is 0. The Morgan fingerprint density at radius 2 is 1.94 bits per heavy atom. The van der Waals surface area contributed by atoms with Gasteiger partial charge < -0.3 is 15.1 Å². The Kier molecular flexibility index (Phi) is 4.80. The minimum atomic E-state index is 0.138. The Hall–Kier alpha value is -0.610. The van der Waals surface area contributed by atoms with Gasteiger partial charge in [0.15, 0.2) is 0 Å². The summed E-state index contributed by atoms with van der Waals surface area (Å²) in [6.45, 7) is 9.07. The molecule has 2 aliphatic rings. The first-order valence-electron chi connectivity index (χ1n) is 6.99. The van der Waals surface area contributed by atoms with Gasteiger partial charge >= 0.3 is 0 Å². The highest BCUT2D eigenvalue weighted by atomic mass is 16.2. The number of hydrogen-bond donors (Lipinski definition) is 1. The molecular weight excluding hydrogens is 214 g/mol. The third-order valence-electron chi connectivity index (χ3n) is 3.88. The molecule has 2 heterocycles. The van der Waals surface area contributed by atoms with Crippen molar-refractivity contribution in [1.82, 2.24) is 15.1 Å². The van der Waals surface area contributed by atoms with Gasteiger partial charge in [-0.15, -0.1) is 0 Å². The summed E-state index contributed by atoms with van der Waals surface area (Å²) < 4.78 is 0. The monoisotopic (exact) mass is 239 g/mol. The van der Waals surface area contributed by atoms with E-state index >= 15 is 0 Å². The lowest BCUT2D eigenvalue weighted by Crippen LogP contribution is -2.42. The number of carbonyl (C=O) groups excluding carboxylic acids is 1. The van der Waals surface area contributed by atoms with E-state index in [1.807, 2.05) is 11.8 Å². The Balaban J connectivity index is 1.78. The van der Waals surface area contributed by atoms with Crippen LogP contribution in [0.4, 0.5) is 0 Å². The van der Waals surface area contributed by atoms with Crippen LogP contribution in [0.1, 0.15) is 26.2 Å². The molecule has 0 aliphatic carbocycles. The van der Waals surface area contributed by atoms with Crippen molar-refractivity contribution in [3.05, 3.63) is 0 Å². The molecule has 0 bridgehead atoms. The second kappa shape index (κ2) is 6.36. The van der Waals surface area contributed by atoms with Gasteiger partial charge in [-0.25, -0.2) is 0 Å². The number of rotatable bonds is 3. The highest BCUT2D eigenvalue weighted by Crippen LogP contribution is 2.09. The minimum Gasteiger partial charge on any atom is -0.340 e. The highest BCUT2D eigenvalue weighted by molar-refractivity contribution is 5.79. The van der Waals surface area contributed by atoms with Crippen LogP contribution in [-0.2, 0) is 4.79 Å². The van der Waals surface area contributed by atoms with Crippen molar-refractivity contribution < 1.29 is 4.79 Å². The number of nitrogens with one attached hydrogen (secondary N) is 1. The molecule has 0 aromatic heterocycles. The summed E-state index contributed by atoms with van der Waals surface area (Å²) in [7, 11) is 0. The maximum atomic E-state index is 12.1. The van der Waals surface area contributed by atoms with Gasteiger partial charge in [-0.05, 0) is 25.9 Å². The molecular formula is C13H25N3O. The average molecular weight is 239 g/mol. The molecule has 0 spiro atoms. The number of likely N-dealkylation sites (tertiary alicyclic amines) is 1. The molecule has 1 atom stereocenters. The van der Waals surface area contributed by atoms with Crippen LogP contribution in [0.15, 0.2) is 0 Å². The van der Waals surface area contributed by atoms with Crippen molar-refractivity contribution in [2.24, 2.45) is 5.92 Å². The third-order valence-corrected chi connectivity index (χ3v) is 3.88. The van der Waals surface area contributed by atoms with E-state index in [0.29, 0.717) is 5.91 Å². The topological polar surface area (TPSA) is 35.6 Å². The minimum absolute atomic E-state index is 0.138. The summed E-state index contributed by atoms with van der Waals surface area (Å²) in [4.78, 5) is 16.6. The first-order valence-corrected chi connectivity index (χ1v) is 6.99. The molecule has 0 aromatic carbocycles. The Morgan fingerprint density at radius 3 is 2.71 bits per heavy atom. The van der Waals surface area contributed by atoms with E-state index < -0.39 is 0 Å². The zero-order valence-electron chi connectivity index (χ0n) is 11.0. The normalized spacial score (nSPS) is 28.2. The molecule has 17 heavy (non-hydrogen) atoms. The van der Waals surface area contributed by atoms with Crippen LogP contribution in [-0.4, -0.2) is 61.5 Å². The van der Waals surface area contributed by atoms with Crippen molar-refractivity contribution in [2.45, 2.75) is 26.2 Å². The highest BCUT2D eigenvalue weighted by Gasteiger charge is 2.23. The van der Waals surface area contributed by atoms with Crippen molar-refractivity contribution >= 4 is 5.91 Å². The molecule has 2 aliphatic heterocycles. The summed E-state index contributed by atoms with van der Waals surface area (Å²) in [6, 6.07) is 0. The van der Waals surface area contributed by atoms with Crippen molar-refractivity contribution in [1.29, 1.82) is 0 Å². The fourth-order valence-corrected chi connectivity index (χ4v) is 2.71. The van der Waals surface area contributed by atoms with Crippen LogP contribution < -0.4 is 5.32 Å². The Morgan fingerprint density at radius 1 is 1.18 bits per heavy atom. The lowest BCUT2D eigenvalue weighted by Gasteiger charge is -2.30. The van der Waals surface area contributed by atoms with Crippen LogP contribution in [0, 0.1) is 5.92 Å². The van der Waals surface area contributed by atoms with Crippen molar-refractivity contribution in [2.75, 3.05) is 45.8 Å². The summed E-state index contributed by atoms with van der Waals surface area (Å²) in [5.41, 5.74) is 0. The van der Waals surface area contributed by atoms with E-state index in [1.165, 1.54) is 32.4 Å². The lowest BCUT2D eigenvalue weighted by molar-refractivity contribution is -0.134. The number of carbonyl (C=O) groups is 1. The molecule has 4 heteroatoms. The van der Waals surface area contributed by atoms with Gasteiger partial charge in [0.05, 0.1) is 0 Å². The Labute approximate surface area is 104 Å². The fourth-order valence-electron chi connectivity index (χ4n) is 2.71. The third kappa shape index (κ3) is 3.68. The van der Waals surface area contributed by atoms with Gasteiger partial charge in [-0.2, -0.15) is 0 Å². The van der Waals surface area contributed by atoms with Crippen LogP contribution >= 0.6 is 0 Å². The first kappa shape index (κ1) is 12.8. The van der Waals surface area contributed by atoms with Gasteiger partial charge in [-0.1, -0.05) is 13.3 Å². The molecule has 4 nitrogen and oxygen atoms in total. The van der Waals surface area contributed by atoms with Gasteiger partial charge in [-0.3, -0.25) is 4.79 Å². The van der Waals surface area contributed by atoms with E-state index in [0.717, 1.165) is 32.7 Å². The molecule has 2 saturated heterocycles. The van der Waals surface area contributed by atoms with Gasteiger partial charge in [0.25, 0.3) is 0 Å². The largest absolute Gasteiger partial charge is 0.340 e. The maximum absolute atomic E-state index is 12.1. The van der Waals surface area contributed by atoms with E-state index in [4.69, 9.17) is 0 Å². The summed E-state index contributed by atoms with van der Waals surface area (Å²) in [5.74, 6) is 0.464. The molecule has 1 N–H and O–H groups in total. The lowest BCUT2D eigenvalue weighted by atomic mass is 10.1. The van der Waals surface area contributed by atoms with E-state index in [1.54, 1.807) is 0 Å². The number of hydrogen-bond acceptors (Lipinski definition) is 3. The van der Waals surface area contributed by atoms with E-state index in [-0.39, 0.29) is 5.92 Å². The predicted octanol–water partition coefficient (Wildman–Crippen LogP) is 0.540. The number of piperidine rings is 1. The quantitative estimate of drug-likeness (QED) is 0.781. The molecule has 0 saturated carbocycles. The molecule has 0 aromatic rings. The maximum Gasteiger partial charge on any atom is 0.226 e. The molecule has 2 fully saturated rings. The summed E-state index contributed by atoms with van der Waals surface area (Å²) in [5, 5.41) is 3.32. The Bertz CT molecular complexity index is 251. The zero-order valence-corrected chi connectivity index (χ0v) is 11.0. The van der Waals surface area contributed by atoms with Crippen molar-refractivity contribution in [3.63, 3.8) is 0 Å². The SMILES string of the molecule is CC1CNCCN(CCN2CCCCC2)C1=O. The molecule has 2 rings (SSSR count). The standard InChI is InChI=1S/C13H25N3O/c1-12-11-14-5-8-16(13(12)17)10-9-15-6-3-2-4-7-15/h12,14H,2-11H2,1H3. The van der Waals surface area contributed by atoms with Crippen LogP contribution in [0.3, 0.4) is 0 Å². The van der Waals surface area contributed by atoms with E-state index in [9.17, 15) is 4.79 Å². The van der Waals surface area contributed by atoms with Gasteiger partial charge in [0.2, 0.25) is 5.91 Å². The predicted molar refractivity (Wildman–Crippen MR) is 68.9 cm³/mol. The van der Waals surface area contributed by atoms with Crippen LogP contribution in [0.5, 0.6) is 0 Å². The van der Waals surface area contributed by atoms with Gasteiger partial charge in [0, 0.05) is 38.6 Å². The molecule has 98 valence electrons. The van der Waals surface area contributed by atoms with E-state index in [2.05, 4.69) is 10.2 Å². The fraction of sp³-hybridized carbons (Fsp3) is 0.923. The second-order valence-corrected chi connectivity index (χ2v) is 5.33. The summed E-state index contributed by atoms with van der Waals surface area (Å²) in [6.07, 6.45) is 4.03. The smallest absolute Gasteiger partial charge is 0.226 e. The van der Waals surface area contributed by atoms with Crippen LogP contribution in [0.2, 0.25) is 0 Å². The molecule has 1 amide bonds. The first-order chi connectivity index (χ1) is 8.27. The average Bonchev–Trinajstić information content (AvgIpc) is 2.52.